The van der Waals surface area contributed by atoms with Crippen LogP contribution in [0.1, 0.15) is 41.5 Å². The fourth-order valence-electron chi connectivity index (χ4n) is 3.43. The molecule has 118 valence electrons. The Bertz CT molecular complexity index is 844. The Morgan fingerprint density at radius 1 is 1.17 bits per heavy atom. The van der Waals surface area contributed by atoms with E-state index in [1.807, 2.05) is 0 Å². The molecule has 1 atom stereocenters. The van der Waals surface area contributed by atoms with Crippen LogP contribution in [0, 0.1) is 13.8 Å². The standard InChI is InChI=1S/C20H22N2O/c1-14-9-10-15(2)16(12-14)13-22-18-7-4-3-6-17(18)21-20(22)19-8-5-11-23-19/h3-4,6-7,9-10,12,19H,5,8,11,13H2,1-2H3/t19-/m1/s1. The lowest BCUT2D eigenvalue weighted by Gasteiger charge is -2.15. The van der Waals surface area contributed by atoms with E-state index in [2.05, 4.69) is 60.9 Å². The van der Waals surface area contributed by atoms with E-state index in [0.29, 0.717) is 0 Å². The highest BCUT2D eigenvalue weighted by atomic mass is 16.5. The number of ether oxygens (including phenoxy) is 1. The molecule has 3 aromatic rings. The molecule has 4 rings (SSSR count). The van der Waals surface area contributed by atoms with Crippen LogP contribution in [-0.2, 0) is 11.3 Å². The number of nitrogens with zero attached hydrogens (tertiary/aromatic N) is 2. The van der Waals surface area contributed by atoms with Crippen LogP contribution < -0.4 is 0 Å². The van der Waals surface area contributed by atoms with Crippen molar-refractivity contribution in [1.29, 1.82) is 0 Å². The van der Waals surface area contributed by atoms with Crippen molar-refractivity contribution >= 4 is 11.0 Å². The van der Waals surface area contributed by atoms with Crippen molar-refractivity contribution < 1.29 is 4.74 Å². The van der Waals surface area contributed by atoms with Crippen molar-refractivity contribution in [2.24, 2.45) is 0 Å². The van der Waals surface area contributed by atoms with Gasteiger partial charge in [0, 0.05) is 13.2 Å². The van der Waals surface area contributed by atoms with Crippen LogP contribution in [0.2, 0.25) is 0 Å². The molecule has 1 aliphatic rings. The Hall–Kier alpha value is -2.13. The molecule has 0 radical (unpaired) electrons. The van der Waals surface area contributed by atoms with Crippen molar-refractivity contribution in [2.75, 3.05) is 6.61 Å². The number of hydrogen-bond donors (Lipinski definition) is 0. The van der Waals surface area contributed by atoms with Gasteiger partial charge in [-0.2, -0.15) is 0 Å². The van der Waals surface area contributed by atoms with Gasteiger partial charge >= 0.3 is 0 Å². The van der Waals surface area contributed by atoms with Gasteiger partial charge in [-0.25, -0.2) is 4.98 Å². The number of aryl methyl sites for hydroxylation is 2. The summed E-state index contributed by atoms with van der Waals surface area (Å²) in [4.78, 5) is 4.88. The summed E-state index contributed by atoms with van der Waals surface area (Å²) in [5, 5.41) is 0. The summed E-state index contributed by atoms with van der Waals surface area (Å²) >= 11 is 0. The smallest absolute Gasteiger partial charge is 0.139 e. The van der Waals surface area contributed by atoms with Gasteiger partial charge in [-0.05, 0) is 49.9 Å². The van der Waals surface area contributed by atoms with Crippen LogP contribution in [0.15, 0.2) is 42.5 Å². The molecular weight excluding hydrogens is 284 g/mol. The number of imidazole rings is 1. The maximum atomic E-state index is 5.92. The highest BCUT2D eigenvalue weighted by Crippen LogP contribution is 2.31. The quantitative estimate of drug-likeness (QED) is 0.709. The molecule has 1 fully saturated rings. The molecule has 1 aromatic heterocycles. The topological polar surface area (TPSA) is 27.1 Å². The lowest BCUT2D eigenvalue weighted by Crippen LogP contribution is -2.10. The van der Waals surface area contributed by atoms with E-state index < -0.39 is 0 Å². The van der Waals surface area contributed by atoms with Gasteiger partial charge in [-0.1, -0.05) is 35.9 Å². The first-order valence-electron chi connectivity index (χ1n) is 8.35. The molecule has 3 heteroatoms. The number of fused-ring (bicyclic) bond motifs is 1. The highest BCUT2D eigenvalue weighted by Gasteiger charge is 2.24. The lowest BCUT2D eigenvalue weighted by molar-refractivity contribution is 0.103. The molecule has 1 aliphatic heterocycles. The molecule has 0 amide bonds. The molecule has 0 bridgehead atoms. The lowest BCUT2D eigenvalue weighted by atomic mass is 10.1. The minimum Gasteiger partial charge on any atom is -0.370 e. The minimum atomic E-state index is 0.132. The van der Waals surface area contributed by atoms with E-state index in [9.17, 15) is 0 Å². The third kappa shape index (κ3) is 2.66. The second-order valence-corrected chi connectivity index (χ2v) is 6.48. The van der Waals surface area contributed by atoms with E-state index >= 15 is 0 Å². The molecule has 0 unspecified atom stereocenters. The average Bonchev–Trinajstić information content (AvgIpc) is 3.19. The zero-order chi connectivity index (χ0) is 15.8. The van der Waals surface area contributed by atoms with Crippen molar-refractivity contribution in [1.82, 2.24) is 9.55 Å². The fraction of sp³-hybridized carbons (Fsp3) is 0.350. The Balaban J connectivity index is 1.83. The summed E-state index contributed by atoms with van der Waals surface area (Å²) < 4.78 is 8.26. The summed E-state index contributed by atoms with van der Waals surface area (Å²) in [5.41, 5.74) is 6.23. The minimum absolute atomic E-state index is 0.132. The first-order valence-corrected chi connectivity index (χ1v) is 8.35. The summed E-state index contributed by atoms with van der Waals surface area (Å²) in [6.07, 6.45) is 2.32. The SMILES string of the molecule is Cc1ccc(C)c(Cn2c([C@H]3CCCO3)nc3ccccc32)c1. The maximum absolute atomic E-state index is 5.92. The summed E-state index contributed by atoms with van der Waals surface area (Å²) in [7, 11) is 0. The molecule has 23 heavy (non-hydrogen) atoms. The Morgan fingerprint density at radius 3 is 2.87 bits per heavy atom. The first kappa shape index (κ1) is 14.5. The maximum Gasteiger partial charge on any atom is 0.139 e. The molecule has 0 spiro atoms. The molecular formula is C20H22N2O. The molecule has 0 saturated carbocycles. The molecule has 2 heterocycles. The molecule has 3 nitrogen and oxygen atoms in total. The Morgan fingerprint density at radius 2 is 2.04 bits per heavy atom. The number of rotatable bonds is 3. The van der Waals surface area contributed by atoms with Crippen molar-refractivity contribution in [2.45, 2.75) is 39.3 Å². The molecule has 1 saturated heterocycles. The summed E-state index contributed by atoms with van der Waals surface area (Å²) in [6, 6.07) is 15.0. The van der Waals surface area contributed by atoms with Crippen LogP contribution in [0.3, 0.4) is 0 Å². The van der Waals surface area contributed by atoms with E-state index in [-0.39, 0.29) is 6.10 Å². The average molecular weight is 306 g/mol. The van der Waals surface area contributed by atoms with Gasteiger partial charge in [0.2, 0.25) is 0 Å². The van der Waals surface area contributed by atoms with Gasteiger partial charge in [0.15, 0.2) is 0 Å². The Kier molecular flexibility index (Phi) is 3.66. The highest BCUT2D eigenvalue weighted by molar-refractivity contribution is 5.76. The van der Waals surface area contributed by atoms with E-state index in [0.717, 1.165) is 37.3 Å². The summed E-state index contributed by atoms with van der Waals surface area (Å²) in [5.74, 6) is 1.07. The van der Waals surface area contributed by atoms with Gasteiger partial charge in [0.1, 0.15) is 11.9 Å². The van der Waals surface area contributed by atoms with Gasteiger partial charge in [0.25, 0.3) is 0 Å². The Labute approximate surface area is 136 Å². The van der Waals surface area contributed by atoms with Crippen molar-refractivity contribution in [3.63, 3.8) is 0 Å². The van der Waals surface area contributed by atoms with E-state index in [1.54, 1.807) is 0 Å². The largest absolute Gasteiger partial charge is 0.370 e. The second kappa shape index (κ2) is 5.82. The normalized spacial score (nSPS) is 17.9. The van der Waals surface area contributed by atoms with Crippen LogP contribution in [-0.4, -0.2) is 16.2 Å². The van der Waals surface area contributed by atoms with Crippen LogP contribution in [0.5, 0.6) is 0 Å². The second-order valence-electron chi connectivity index (χ2n) is 6.48. The molecule has 0 N–H and O–H groups in total. The van der Waals surface area contributed by atoms with Gasteiger partial charge in [-0.3, -0.25) is 0 Å². The molecule has 2 aromatic carbocycles. The van der Waals surface area contributed by atoms with Gasteiger partial charge < -0.3 is 9.30 Å². The van der Waals surface area contributed by atoms with Crippen LogP contribution in [0.25, 0.3) is 11.0 Å². The summed E-state index contributed by atoms with van der Waals surface area (Å²) in [6.45, 7) is 6.02. The third-order valence-electron chi connectivity index (χ3n) is 4.73. The third-order valence-corrected chi connectivity index (χ3v) is 4.73. The van der Waals surface area contributed by atoms with E-state index in [1.165, 1.54) is 22.2 Å². The van der Waals surface area contributed by atoms with E-state index in [4.69, 9.17) is 9.72 Å². The van der Waals surface area contributed by atoms with Crippen molar-refractivity contribution in [3.05, 3.63) is 65.0 Å². The zero-order valence-electron chi connectivity index (χ0n) is 13.7. The molecule has 0 aliphatic carbocycles. The van der Waals surface area contributed by atoms with Crippen molar-refractivity contribution in [3.8, 4) is 0 Å². The first-order chi connectivity index (χ1) is 11.2. The number of benzene rings is 2. The number of para-hydroxylation sites is 2. The number of aromatic nitrogens is 2. The monoisotopic (exact) mass is 306 g/mol. The van der Waals surface area contributed by atoms with Gasteiger partial charge in [0.05, 0.1) is 11.0 Å². The van der Waals surface area contributed by atoms with Gasteiger partial charge in [-0.15, -0.1) is 0 Å². The zero-order valence-corrected chi connectivity index (χ0v) is 13.7. The van der Waals surface area contributed by atoms with Crippen LogP contribution >= 0.6 is 0 Å². The number of hydrogen-bond acceptors (Lipinski definition) is 2. The fourth-order valence-corrected chi connectivity index (χ4v) is 3.43. The predicted octanol–water partition coefficient (Wildman–Crippen LogP) is 4.55. The van der Waals surface area contributed by atoms with Crippen LogP contribution in [0.4, 0.5) is 0 Å². The predicted molar refractivity (Wildman–Crippen MR) is 92.7 cm³/mol.